The minimum absolute atomic E-state index is 0.463. The minimum Gasteiger partial charge on any atom is -0.325 e. The van der Waals surface area contributed by atoms with Crippen LogP contribution < -0.4 is 5.73 Å². The van der Waals surface area contributed by atoms with Gasteiger partial charge in [0.2, 0.25) is 0 Å². The van der Waals surface area contributed by atoms with Gasteiger partial charge >= 0.3 is 0 Å². The standard InChI is InChI=1S/C6H7N2S/c7-4-5-3-6(9)1-2-8-5/h1-3H,4,7H2. The summed E-state index contributed by atoms with van der Waals surface area (Å²) in [6.45, 7) is 0.463. The van der Waals surface area contributed by atoms with Gasteiger partial charge in [0, 0.05) is 17.6 Å². The fourth-order valence-corrected chi connectivity index (χ4v) is 0.765. The van der Waals surface area contributed by atoms with Crippen molar-refractivity contribution in [1.82, 2.24) is 4.98 Å². The zero-order valence-corrected chi connectivity index (χ0v) is 5.69. The summed E-state index contributed by atoms with van der Waals surface area (Å²) in [5, 5.41) is 0. The average molecular weight is 139 g/mol. The van der Waals surface area contributed by atoms with Gasteiger partial charge in [-0.3, -0.25) is 4.98 Å². The Bertz CT molecular complexity index is 200. The van der Waals surface area contributed by atoms with Crippen LogP contribution >= 0.6 is 12.6 Å². The number of hydrogen-bond acceptors (Lipinski definition) is 2. The van der Waals surface area contributed by atoms with E-state index in [2.05, 4.69) is 4.98 Å². The lowest BCUT2D eigenvalue weighted by molar-refractivity contribution is 0.977. The van der Waals surface area contributed by atoms with E-state index < -0.39 is 0 Å². The van der Waals surface area contributed by atoms with Crippen LogP contribution in [0.15, 0.2) is 23.2 Å². The van der Waals surface area contributed by atoms with E-state index in [0.29, 0.717) is 6.54 Å². The van der Waals surface area contributed by atoms with E-state index in [-0.39, 0.29) is 0 Å². The van der Waals surface area contributed by atoms with Gasteiger partial charge in [0.25, 0.3) is 0 Å². The highest BCUT2D eigenvalue weighted by molar-refractivity contribution is 7.80. The second kappa shape index (κ2) is 2.75. The lowest BCUT2D eigenvalue weighted by Gasteiger charge is -1.92. The SMILES string of the molecule is NCc1cc([S])ccn1. The molecule has 0 bridgehead atoms. The van der Waals surface area contributed by atoms with Crippen molar-refractivity contribution in [3.8, 4) is 0 Å². The van der Waals surface area contributed by atoms with Gasteiger partial charge in [-0.15, -0.1) is 0 Å². The average Bonchev–Trinajstić information content (AvgIpc) is 1.88. The Kier molecular flexibility index (Phi) is 1.97. The Morgan fingerprint density at radius 1 is 1.67 bits per heavy atom. The van der Waals surface area contributed by atoms with E-state index >= 15 is 0 Å². The number of rotatable bonds is 1. The van der Waals surface area contributed by atoms with Crippen LogP contribution in [-0.4, -0.2) is 4.98 Å². The molecule has 1 heterocycles. The summed E-state index contributed by atoms with van der Waals surface area (Å²) in [6.07, 6.45) is 1.67. The molecule has 3 heteroatoms. The number of hydrogen-bond donors (Lipinski definition) is 1. The third-order valence-electron chi connectivity index (χ3n) is 0.997. The molecule has 1 aromatic heterocycles. The highest BCUT2D eigenvalue weighted by Crippen LogP contribution is 2.04. The fraction of sp³-hybridized carbons (Fsp3) is 0.167. The normalized spacial score (nSPS) is 9.44. The molecule has 1 radical (unpaired) electrons. The van der Waals surface area contributed by atoms with Crippen molar-refractivity contribution >= 4 is 12.6 Å². The van der Waals surface area contributed by atoms with Crippen LogP contribution in [-0.2, 0) is 6.54 Å². The third kappa shape index (κ3) is 1.62. The first-order chi connectivity index (χ1) is 4.33. The van der Waals surface area contributed by atoms with Gasteiger partial charge in [-0.05, 0) is 12.1 Å². The van der Waals surface area contributed by atoms with Crippen molar-refractivity contribution < 1.29 is 0 Å². The quantitative estimate of drug-likeness (QED) is 0.632. The molecule has 47 valence electrons. The summed E-state index contributed by atoms with van der Waals surface area (Å²) in [4.78, 5) is 4.76. The second-order valence-electron chi connectivity index (χ2n) is 1.69. The number of aromatic nitrogens is 1. The van der Waals surface area contributed by atoms with Crippen molar-refractivity contribution in [2.45, 2.75) is 11.4 Å². The Morgan fingerprint density at radius 3 is 2.89 bits per heavy atom. The predicted molar refractivity (Wildman–Crippen MR) is 38.0 cm³/mol. The maximum absolute atomic E-state index is 5.31. The van der Waals surface area contributed by atoms with Crippen molar-refractivity contribution in [1.29, 1.82) is 0 Å². The Labute approximate surface area is 59.5 Å². The first-order valence-corrected chi connectivity index (χ1v) is 3.06. The van der Waals surface area contributed by atoms with E-state index in [9.17, 15) is 0 Å². The third-order valence-corrected chi connectivity index (χ3v) is 1.25. The van der Waals surface area contributed by atoms with E-state index in [1.165, 1.54) is 0 Å². The van der Waals surface area contributed by atoms with Gasteiger partial charge in [-0.1, -0.05) is 12.6 Å². The summed E-state index contributed by atoms with van der Waals surface area (Å²) in [5.74, 6) is 0. The molecule has 2 N–H and O–H groups in total. The van der Waals surface area contributed by atoms with Gasteiger partial charge in [0.05, 0.1) is 5.69 Å². The van der Waals surface area contributed by atoms with Gasteiger partial charge in [-0.25, -0.2) is 0 Å². The van der Waals surface area contributed by atoms with Crippen LogP contribution in [0.5, 0.6) is 0 Å². The summed E-state index contributed by atoms with van der Waals surface area (Å²) >= 11 is 4.87. The van der Waals surface area contributed by atoms with Crippen LogP contribution in [0, 0.1) is 0 Å². The molecule has 1 aromatic rings. The number of nitrogens with zero attached hydrogens (tertiary/aromatic N) is 1. The topological polar surface area (TPSA) is 38.9 Å². The Hall–Kier alpha value is -0.670. The summed E-state index contributed by atoms with van der Waals surface area (Å²) in [6, 6.07) is 3.57. The van der Waals surface area contributed by atoms with Crippen molar-refractivity contribution in [3.05, 3.63) is 24.0 Å². The maximum Gasteiger partial charge on any atom is 0.0553 e. The molecule has 0 aliphatic heterocycles. The minimum atomic E-state index is 0.463. The lowest BCUT2D eigenvalue weighted by Crippen LogP contribution is -1.98. The molecule has 0 amide bonds. The Balaban J connectivity index is 2.94. The molecule has 0 spiro atoms. The van der Waals surface area contributed by atoms with E-state index in [0.717, 1.165) is 10.6 Å². The van der Waals surface area contributed by atoms with Crippen LogP contribution in [0.3, 0.4) is 0 Å². The molecule has 1 rings (SSSR count). The number of pyridine rings is 1. The maximum atomic E-state index is 5.31. The molecule has 0 unspecified atom stereocenters. The molecule has 0 atom stereocenters. The van der Waals surface area contributed by atoms with Crippen molar-refractivity contribution in [3.63, 3.8) is 0 Å². The summed E-state index contributed by atoms with van der Waals surface area (Å²) < 4.78 is 0. The fourth-order valence-electron chi connectivity index (χ4n) is 0.568. The zero-order valence-electron chi connectivity index (χ0n) is 4.87. The largest absolute Gasteiger partial charge is 0.325 e. The predicted octanol–water partition coefficient (Wildman–Crippen LogP) is 1.10. The monoisotopic (exact) mass is 139 g/mol. The highest BCUT2D eigenvalue weighted by Gasteiger charge is 1.89. The van der Waals surface area contributed by atoms with E-state index in [1.54, 1.807) is 18.3 Å². The highest BCUT2D eigenvalue weighted by atomic mass is 32.1. The molecular weight excluding hydrogens is 132 g/mol. The van der Waals surface area contributed by atoms with E-state index in [1.807, 2.05) is 0 Å². The zero-order chi connectivity index (χ0) is 6.69. The molecule has 9 heavy (non-hydrogen) atoms. The molecule has 0 saturated carbocycles. The number of nitrogens with two attached hydrogens (primary N) is 1. The molecule has 0 saturated heterocycles. The molecule has 0 aliphatic rings. The van der Waals surface area contributed by atoms with Gasteiger partial charge < -0.3 is 5.73 Å². The smallest absolute Gasteiger partial charge is 0.0553 e. The van der Waals surface area contributed by atoms with Crippen molar-refractivity contribution in [2.75, 3.05) is 0 Å². The first-order valence-electron chi connectivity index (χ1n) is 2.65. The summed E-state index contributed by atoms with van der Waals surface area (Å²) in [7, 11) is 0. The lowest BCUT2D eigenvalue weighted by atomic mass is 10.3. The molecular formula is C6H7N2S. The van der Waals surface area contributed by atoms with E-state index in [4.69, 9.17) is 18.4 Å². The van der Waals surface area contributed by atoms with Crippen LogP contribution in [0.1, 0.15) is 5.69 Å². The second-order valence-corrected chi connectivity index (χ2v) is 2.16. The Morgan fingerprint density at radius 2 is 2.44 bits per heavy atom. The first kappa shape index (κ1) is 6.45. The van der Waals surface area contributed by atoms with Gasteiger partial charge in [0.1, 0.15) is 0 Å². The van der Waals surface area contributed by atoms with Gasteiger partial charge in [-0.2, -0.15) is 0 Å². The molecule has 0 aromatic carbocycles. The summed E-state index contributed by atoms with van der Waals surface area (Å²) in [5.41, 5.74) is 6.16. The van der Waals surface area contributed by atoms with Crippen LogP contribution in [0.25, 0.3) is 0 Å². The molecule has 0 aliphatic carbocycles. The molecule has 2 nitrogen and oxygen atoms in total. The van der Waals surface area contributed by atoms with Crippen LogP contribution in [0.4, 0.5) is 0 Å². The van der Waals surface area contributed by atoms with Gasteiger partial charge in [0.15, 0.2) is 0 Å². The van der Waals surface area contributed by atoms with Crippen LogP contribution in [0.2, 0.25) is 0 Å². The molecule has 0 fully saturated rings. The van der Waals surface area contributed by atoms with Crippen molar-refractivity contribution in [2.24, 2.45) is 5.73 Å².